The van der Waals surface area contributed by atoms with Crippen molar-refractivity contribution in [3.8, 4) is 0 Å². The van der Waals surface area contributed by atoms with E-state index in [2.05, 4.69) is 21.2 Å². The molecule has 1 aromatic carbocycles. The lowest BCUT2D eigenvalue weighted by molar-refractivity contribution is -0.126. The van der Waals surface area contributed by atoms with Crippen LogP contribution in [0.1, 0.15) is 37.7 Å². The molecule has 1 N–H and O–H groups in total. The number of carbonyl (C=O) groups excluding carboxylic acids is 1. The van der Waals surface area contributed by atoms with Crippen molar-refractivity contribution in [3.63, 3.8) is 0 Å². The van der Waals surface area contributed by atoms with Gasteiger partial charge in [0.25, 0.3) is 10.2 Å². The molecule has 2 heterocycles. The second kappa shape index (κ2) is 8.82. The van der Waals surface area contributed by atoms with Gasteiger partial charge in [0.05, 0.1) is 5.92 Å². The topological polar surface area (TPSA) is 69.7 Å². The van der Waals surface area contributed by atoms with Gasteiger partial charge in [0.15, 0.2) is 0 Å². The lowest BCUT2D eigenvalue weighted by atomic mass is 9.99. The van der Waals surface area contributed by atoms with Gasteiger partial charge in [0, 0.05) is 37.2 Å². The van der Waals surface area contributed by atoms with Crippen molar-refractivity contribution in [3.05, 3.63) is 34.3 Å². The Bertz CT molecular complexity index is 735. The largest absolute Gasteiger partial charge is 0.352 e. The first-order valence-corrected chi connectivity index (χ1v) is 11.4. The molecule has 2 fully saturated rings. The summed E-state index contributed by atoms with van der Waals surface area (Å²) in [5.41, 5.74) is 1.01. The summed E-state index contributed by atoms with van der Waals surface area (Å²) < 4.78 is 29.7. The smallest absolute Gasteiger partial charge is 0.281 e. The Morgan fingerprint density at radius 3 is 2.50 bits per heavy atom. The fourth-order valence-corrected chi connectivity index (χ4v) is 5.79. The number of benzene rings is 1. The molecule has 1 aromatic rings. The monoisotopic (exact) mass is 443 g/mol. The van der Waals surface area contributed by atoms with E-state index in [1.807, 2.05) is 24.3 Å². The number of nitrogens with zero attached hydrogens (tertiary/aromatic N) is 2. The summed E-state index contributed by atoms with van der Waals surface area (Å²) in [6.45, 7) is 2.42. The van der Waals surface area contributed by atoms with Crippen LogP contribution in [0.25, 0.3) is 0 Å². The third kappa shape index (κ3) is 4.65. The van der Waals surface area contributed by atoms with Gasteiger partial charge < -0.3 is 5.32 Å². The van der Waals surface area contributed by atoms with Crippen LogP contribution in [0.2, 0.25) is 0 Å². The predicted octanol–water partition coefficient (Wildman–Crippen LogP) is 2.51. The van der Waals surface area contributed by atoms with Gasteiger partial charge in [0.2, 0.25) is 5.91 Å². The van der Waals surface area contributed by atoms with Crippen LogP contribution < -0.4 is 5.32 Å². The van der Waals surface area contributed by atoms with Crippen molar-refractivity contribution >= 4 is 32.0 Å². The predicted molar refractivity (Wildman–Crippen MR) is 105 cm³/mol. The molecule has 144 valence electrons. The van der Waals surface area contributed by atoms with Crippen LogP contribution in [0, 0.1) is 5.92 Å². The number of nitrogens with one attached hydrogen (secondary N) is 1. The highest BCUT2D eigenvalue weighted by atomic mass is 79.9. The highest BCUT2D eigenvalue weighted by Crippen LogP contribution is 2.24. The van der Waals surface area contributed by atoms with Crippen molar-refractivity contribution in [1.82, 2.24) is 13.9 Å². The summed E-state index contributed by atoms with van der Waals surface area (Å²) in [5.74, 6) is -0.356. The van der Waals surface area contributed by atoms with Crippen molar-refractivity contribution in [1.29, 1.82) is 0 Å². The normalized spacial score (nSPS) is 22.9. The fraction of sp³-hybridized carbons (Fsp3) is 0.611. The molecule has 0 aliphatic carbocycles. The molecule has 0 aromatic heterocycles. The first kappa shape index (κ1) is 19.8. The zero-order valence-electron chi connectivity index (χ0n) is 14.9. The van der Waals surface area contributed by atoms with Crippen LogP contribution >= 0.6 is 15.9 Å². The van der Waals surface area contributed by atoms with Crippen LogP contribution in [0.4, 0.5) is 0 Å². The van der Waals surface area contributed by atoms with E-state index >= 15 is 0 Å². The first-order valence-electron chi connectivity index (χ1n) is 9.25. The Kier molecular flexibility index (Phi) is 6.71. The summed E-state index contributed by atoms with van der Waals surface area (Å²) in [6.07, 6.45) is 4.38. The lowest BCUT2D eigenvalue weighted by Gasteiger charge is -2.36. The number of carbonyl (C=O) groups is 1. The van der Waals surface area contributed by atoms with Gasteiger partial charge >= 0.3 is 0 Å². The van der Waals surface area contributed by atoms with Gasteiger partial charge in [-0.2, -0.15) is 17.0 Å². The quantitative estimate of drug-likeness (QED) is 0.759. The van der Waals surface area contributed by atoms with Crippen molar-refractivity contribution < 1.29 is 13.2 Å². The number of rotatable bonds is 5. The summed E-state index contributed by atoms with van der Waals surface area (Å²) in [4.78, 5) is 12.6. The highest BCUT2D eigenvalue weighted by molar-refractivity contribution is 9.10. The van der Waals surface area contributed by atoms with Gasteiger partial charge in [0.1, 0.15) is 0 Å². The van der Waals surface area contributed by atoms with E-state index in [0.717, 1.165) is 42.1 Å². The van der Waals surface area contributed by atoms with E-state index in [9.17, 15) is 13.2 Å². The molecule has 0 unspecified atom stereocenters. The first-order chi connectivity index (χ1) is 12.5. The van der Waals surface area contributed by atoms with E-state index in [1.54, 1.807) is 4.31 Å². The molecular formula is C18H26BrN3O3S. The van der Waals surface area contributed by atoms with E-state index < -0.39 is 10.2 Å². The summed E-state index contributed by atoms with van der Waals surface area (Å²) in [5, 5.41) is 2.96. The van der Waals surface area contributed by atoms with Gasteiger partial charge in [-0.3, -0.25) is 4.79 Å². The molecule has 2 saturated heterocycles. The molecule has 2 aliphatic heterocycles. The SMILES string of the molecule is O=C(NCc1ccccc1Br)[C@@H]1CCCN(S(=O)(=O)N2CCCCC2)C1. The molecule has 0 saturated carbocycles. The summed E-state index contributed by atoms with van der Waals surface area (Å²) in [6, 6.07) is 7.76. The van der Waals surface area contributed by atoms with E-state index in [-0.39, 0.29) is 18.4 Å². The molecule has 0 bridgehead atoms. The molecule has 1 amide bonds. The minimum absolute atomic E-state index is 0.0701. The lowest BCUT2D eigenvalue weighted by Crippen LogP contribution is -2.51. The second-order valence-corrected chi connectivity index (χ2v) is 9.76. The van der Waals surface area contributed by atoms with Gasteiger partial charge in [-0.25, -0.2) is 0 Å². The maximum atomic E-state index is 12.8. The number of amides is 1. The van der Waals surface area contributed by atoms with Crippen molar-refractivity contribution in [2.45, 2.75) is 38.6 Å². The van der Waals surface area contributed by atoms with Crippen molar-refractivity contribution in [2.24, 2.45) is 5.92 Å². The molecule has 8 heteroatoms. The molecule has 26 heavy (non-hydrogen) atoms. The van der Waals surface area contributed by atoms with E-state index in [1.165, 1.54) is 4.31 Å². The maximum Gasteiger partial charge on any atom is 0.281 e. The molecule has 2 aliphatic rings. The number of halogens is 1. The Hall–Kier alpha value is -0.960. The third-order valence-corrected chi connectivity index (χ3v) is 7.91. The molecule has 6 nitrogen and oxygen atoms in total. The van der Waals surface area contributed by atoms with Gasteiger partial charge in [-0.1, -0.05) is 40.5 Å². The maximum absolute atomic E-state index is 12.8. The van der Waals surface area contributed by atoms with Crippen LogP contribution in [0.15, 0.2) is 28.7 Å². The Morgan fingerprint density at radius 2 is 1.77 bits per heavy atom. The van der Waals surface area contributed by atoms with Crippen LogP contribution in [-0.2, 0) is 21.5 Å². The Labute approximate surface area is 164 Å². The van der Waals surface area contributed by atoms with Crippen LogP contribution in [0.5, 0.6) is 0 Å². The Balaban J connectivity index is 1.59. The zero-order valence-corrected chi connectivity index (χ0v) is 17.3. The second-order valence-electron chi connectivity index (χ2n) is 6.97. The third-order valence-electron chi connectivity index (χ3n) is 5.13. The number of hydrogen-bond donors (Lipinski definition) is 1. The molecule has 3 rings (SSSR count). The minimum atomic E-state index is -3.45. The fourth-order valence-electron chi connectivity index (χ4n) is 3.59. The van der Waals surface area contributed by atoms with E-state index in [4.69, 9.17) is 0 Å². The average molecular weight is 444 g/mol. The average Bonchev–Trinajstić information content (AvgIpc) is 2.68. The Morgan fingerprint density at radius 1 is 1.08 bits per heavy atom. The van der Waals surface area contributed by atoms with Crippen LogP contribution in [0.3, 0.4) is 0 Å². The summed E-state index contributed by atoms with van der Waals surface area (Å²) >= 11 is 3.48. The number of piperidine rings is 2. The van der Waals surface area contributed by atoms with Gasteiger partial charge in [-0.15, -0.1) is 0 Å². The zero-order chi connectivity index (χ0) is 18.6. The summed E-state index contributed by atoms with van der Waals surface area (Å²) in [7, 11) is -3.45. The molecule has 1 atom stereocenters. The van der Waals surface area contributed by atoms with Crippen molar-refractivity contribution in [2.75, 3.05) is 26.2 Å². The molecule has 0 radical (unpaired) electrons. The molecule has 0 spiro atoms. The molecular weight excluding hydrogens is 418 g/mol. The van der Waals surface area contributed by atoms with Gasteiger partial charge in [-0.05, 0) is 37.3 Å². The van der Waals surface area contributed by atoms with E-state index in [0.29, 0.717) is 26.2 Å². The highest BCUT2D eigenvalue weighted by Gasteiger charge is 2.36. The number of hydrogen-bond acceptors (Lipinski definition) is 3. The van der Waals surface area contributed by atoms with Crippen LogP contribution in [-0.4, -0.2) is 49.1 Å². The minimum Gasteiger partial charge on any atom is -0.352 e. The standard InChI is InChI=1S/C18H26BrN3O3S/c19-17-9-3-2-7-15(17)13-20-18(23)16-8-6-12-22(14-16)26(24,25)21-10-4-1-5-11-21/h2-3,7,9,16H,1,4-6,8,10-14H2,(H,20,23)/t16-/m1/s1.